The minimum atomic E-state index is -0.139. The molecule has 110 valence electrons. The van der Waals surface area contributed by atoms with Gasteiger partial charge in [-0.2, -0.15) is 5.10 Å². The number of hydrogen-bond donors (Lipinski definition) is 1. The number of aromatic nitrogens is 2. The maximum atomic E-state index is 6.12. The molecule has 0 saturated heterocycles. The highest BCUT2D eigenvalue weighted by Gasteiger charge is 2.21. The van der Waals surface area contributed by atoms with E-state index in [0.717, 1.165) is 12.0 Å². The smallest absolute Gasteiger partial charge is 0.101 e. The van der Waals surface area contributed by atoms with E-state index in [4.69, 9.17) is 15.2 Å². The van der Waals surface area contributed by atoms with Crippen LogP contribution in [0.25, 0.3) is 0 Å². The molecule has 1 rings (SSSR count). The monoisotopic (exact) mass is 269 g/mol. The van der Waals surface area contributed by atoms with Crippen molar-refractivity contribution < 1.29 is 9.47 Å². The number of ether oxygens (including phenoxy) is 2. The largest absolute Gasteiger partial charge is 0.373 e. The molecule has 0 radical (unpaired) electrons. The normalized spacial score (nSPS) is 15.5. The van der Waals surface area contributed by atoms with Crippen LogP contribution in [-0.4, -0.2) is 34.6 Å². The number of nitrogens with two attached hydrogens (primary N) is 1. The zero-order valence-corrected chi connectivity index (χ0v) is 12.7. The Morgan fingerprint density at radius 1 is 1.37 bits per heavy atom. The van der Waals surface area contributed by atoms with E-state index < -0.39 is 0 Å². The summed E-state index contributed by atoms with van der Waals surface area (Å²) in [6, 6.07) is -0.0289. The first-order chi connectivity index (χ1) is 8.83. The summed E-state index contributed by atoms with van der Waals surface area (Å²) in [5, 5.41) is 4.17. The van der Waals surface area contributed by atoms with Crippen LogP contribution in [0.15, 0.2) is 12.4 Å². The Labute approximate surface area is 116 Å². The van der Waals surface area contributed by atoms with Crippen molar-refractivity contribution in [2.24, 2.45) is 12.8 Å². The van der Waals surface area contributed by atoms with Crippen LogP contribution in [0, 0.1) is 0 Å². The molecule has 0 aliphatic rings. The topological polar surface area (TPSA) is 62.3 Å². The van der Waals surface area contributed by atoms with E-state index in [-0.39, 0.29) is 17.7 Å². The summed E-state index contributed by atoms with van der Waals surface area (Å²) in [4.78, 5) is 0. The average molecular weight is 269 g/mol. The summed E-state index contributed by atoms with van der Waals surface area (Å²) < 4.78 is 13.3. The third kappa shape index (κ3) is 5.72. The van der Waals surface area contributed by atoms with Crippen molar-refractivity contribution in [1.29, 1.82) is 0 Å². The second-order valence-electron chi connectivity index (χ2n) is 5.77. The molecule has 0 aromatic carbocycles. The van der Waals surface area contributed by atoms with Gasteiger partial charge in [0.15, 0.2) is 0 Å². The van der Waals surface area contributed by atoms with Crippen LogP contribution in [0.5, 0.6) is 0 Å². The van der Waals surface area contributed by atoms with Crippen molar-refractivity contribution in [3.63, 3.8) is 0 Å². The van der Waals surface area contributed by atoms with Gasteiger partial charge >= 0.3 is 0 Å². The summed E-state index contributed by atoms with van der Waals surface area (Å²) in [7, 11) is 1.89. The lowest BCUT2D eigenvalue weighted by Crippen LogP contribution is -2.31. The first-order valence-corrected chi connectivity index (χ1v) is 6.83. The van der Waals surface area contributed by atoms with Gasteiger partial charge in [-0.05, 0) is 27.2 Å². The number of aryl methyl sites for hydroxylation is 1. The molecule has 5 nitrogen and oxygen atoms in total. The maximum Gasteiger partial charge on any atom is 0.101 e. The summed E-state index contributed by atoms with van der Waals surface area (Å²) in [5.74, 6) is 0. The molecular weight excluding hydrogens is 242 g/mol. The van der Waals surface area contributed by atoms with Crippen molar-refractivity contribution in [2.45, 2.75) is 51.9 Å². The summed E-state index contributed by atoms with van der Waals surface area (Å²) in [6.45, 7) is 9.25. The van der Waals surface area contributed by atoms with Crippen molar-refractivity contribution in [2.75, 3.05) is 13.2 Å². The second-order valence-corrected chi connectivity index (χ2v) is 5.77. The Kier molecular flexibility index (Phi) is 5.97. The van der Waals surface area contributed by atoms with Gasteiger partial charge < -0.3 is 15.2 Å². The van der Waals surface area contributed by atoms with Gasteiger partial charge in [-0.25, -0.2) is 0 Å². The van der Waals surface area contributed by atoms with E-state index in [1.165, 1.54) is 0 Å². The summed E-state index contributed by atoms with van der Waals surface area (Å²) in [6.07, 6.45) is 4.50. The lowest BCUT2D eigenvalue weighted by Gasteiger charge is -2.24. The van der Waals surface area contributed by atoms with Crippen molar-refractivity contribution in [3.05, 3.63) is 18.0 Å². The molecule has 0 spiro atoms. The lowest BCUT2D eigenvalue weighted by atomic mass is 10.0. The van der Waals surface area contributed by atoms with Crippen LogP contribution in [0.1, 0.15) is 45.8 Å². The molecule has 0 bridgehead atoms. The predicted octanol–water partition coefficient (Wildman–Crippen LogP) is 2.03. The van der Waals surface area contributed by atoms with Crippen LogP contribution in [0.2, 0.25) is 0 Å². The lowest BCUT2D eigenvalue weighted by molar-refractivity contribution is -0.0570. The molecule has 1 heterocycles. The zero-order chi connectivity index (χ0) is 14.5. The molecular formula is C14H27N3O2. The zero-order valence-electron chi connectivity index (χ0n) is 12.7. The first kappa shape index (κ1) is 16.1. The Balaban J connectivity index is 2.52. The van der Waals surface area contributed by atoms with Crippen molar-refractivity contribution >= 4 is 0 Å². The average Bonchev–Trinajstić information content (AvgIpc) is 2.73. The van der Waals surface area contributed by atoms with Gasteiger partial charge in [-0.1, -0.05) is 6.92 Å². The van der Waals surface area contributed by atoms with Gasteiger partial charge in [0, 0.05) is 24.8 Å². The van der Waals surface area contributed by atoms with Gasteiger partial charge in [-0.15, -0.1) is 0 Å². The van der Waals surface area contributed by atoms with E-state index in [2.05, 4.69) is 12.0 Å². The number of rotatable bonds is 7. The van der Waals surface area contributed by atoms with E-state index in [9.17, 15) is 0 Å². The van der Waals surface area contributed by atoms with E-state index in [1.54, 1.807) is 4.68 Å². The third-order valence-electron chi connectivity index (χ3n) is 2.83. The van der Waals surface area contributed by atoms with Crippen LogP contribution in [-0.2, 0) is 16.5 Å². The van der Waals surface area contributed by atoms with Gasteiger partial charge in [0.05, 0.1) is 25.0 Å². The second kappa shape index (κ2) is 7.03. The first-order valence-electron chi connectivity index (χ1n) is 6.83. The highest BCUT2D eigenvalue weighted by atomic mass is 16.5. The molecule has 2 unspecified atom stereocenters. The molecule has 2 atom stereocenters. The standard InChI is InChI=1S/C14H27N3O2/c1-6-12(15)13(11-9-16-17(5)10-11)18-7-8-19-14(2,3)4/h9-10,12-13H,6-8,15H2,1-5H3. The molecule has 2 N–H and O–H groups in total. The quantitative estimate of drug-likeness (QED) is 0.769. The minimum absolute atomic E-state index is 0.0289. The Hall–Kier alpha value is -0.910. The Morgan fingerprint density at radius 3 is 2.53 bits per heavy atom. The third-order valence-corrected chi connectivity index (χ3v) is 2.83. The van der Waals surface area contributed by atoms with E-state index in [1.807, 2.05) is 40.2 Å². The molecule has 0 fully saturated rings. The van der Waals surface area contributed by atoms with Gasteiger partial charge in [-0.3, -0.25) is 4.68 Å². The maximum absolute atomic E-state index is 6.12. The van der Waals surface area contributed by atoms with E-state index in [0.29, 0.717) is 13.2 Å². The predicted molar refractivity (Wildman–Crippen MR) is 75.9 cm³/mol. The molecule has 1 aromatic heterocycles. The molecule has 0 saturated carbocycles. The fourth-order valence-electron chi connectivity index (χ4n) is 1.79. The van der Waals surface area contributed by atoms with Crippen molar-refractivity contribution in [3.8, 4) is 0 Å². The summed E-state index contributed by atoms with van der Waals surface area (Å²) in [5.41, 5.74) is 7.01. The number of nitrogens with zero attached hydrogens (tertiary/aromatic N) is 2. The molecule has 0 amide bonds. The van der Waals surface area contributed by atoms with Crippen LogP contribution >= 0.6 is 0 Å². The van der Waals surface area contributed by atoms with Crippen molar-refractivity contribution in [1.82, 2.24) is 9.78 Å². The van der Waals surface area contributed by atoms with Crippen LogP contribution < -0.4 is 5.73 Å². The highest BCUT2D eigenvalue weighted by Crippen LogP contribution is 2.21. The van der Waals surface area contributed by atoms with Gasteiger partial charge in [0.25, 0.3) is 0 Å². The Bertz CT molecular complexity index is 371. The fraction of sp³-hybridized carbons (Fsp3) is 0.786. The molecule has 0 aliphatic carbocycles. The van der Waals surface area contributed by atoms with E-state index >= 15 is 0 Å². The van der Waals surface area contributed by atoms with Gasteiger partial charge in [0.2, 0.25) is 0 Å². The molecule has 19 heavy (non-hydrogen) atoms. The highest BCUT2D eigenvalue weighted by molar-refractivity contribution is 5.10. The molecule has 5 heteroatoms. The summed E-state index contributed by atoms with van der Waals surface area (Å²) >= 11 is 0. The number of hydrogen-bond acceptors (Lipinski definition) is 4. The van der Waals surface area contributed by atoms with Crippen LogP contribution in [0.4, 0.5) is 0 Å². The fourth-order valence-corrected chi connectivity index (χ4v) is 1.79. The minimum Gasteiger partial charge on any atom is -0.373 e. The van der Waals surface area contributed by atoms with Crippen LogP contribution in [0.3, 0.4) is 0 Å². The molecule has 0 aliphatic heterocycles. The molecule has 1 aromatic rings. The SMILES string of the molecule is CCC(N)C(OCCOC(C)(C)C)c1cnn(C)c1. The van der Waals surface area contributed by atoms with Gasteiger partial charge in [0.1, 0.15) is 6.10 Å². The Morgan fingerprint density at radius 2 is 2.05 bits per heavy atom.